The van der Waals surface area contributed by atoms with Crippen LogP contribution in [0.1, 0.15) is 44.1 Å². The highest BCUT2D eigenvalue weighted by Crippen LogP contribution is 2.48. The minimum atomic E-state index is -1.69. The van der Waals surface area contributed by atoms with Crippen LogP contribution in [0.3, 0.4) is 0 Å². The van der Waals surface area contributed by atoms with Gasteiger partial charge in [0, 0.05) is 54.3 Å². The number of halogens is 4. The number of amides is 1. The summed E-state index contributed by atoms with van der Waals surface area (Å²) in [7, 11) is 0. The second-order valence-electron chi connectivity index (χ2n) is 14.0. The fourth-order valence-corrected chi connectivity index (χ4v) is 8.96. The summed E-state index contributed by atoms with van der Waals surface area (Å²) >= 11 is 6.76. The van der Waals surface area contributed by atoms with Crippen molar-refractivity contribution in [3.05, 3.63) is 34.9 Å². The lowest BCUT2D eigenvalue weighted by Crippen LogP contribution is -2.51. The van der Waals surface area contributed by atoms with Crippen molar-refractivity contribution in [3.8, 4) is 17.3 Å². The van der Waals surface area contributed by atoms with Gasteiger partial charge in [-0.15, -0.1) is 0 Å². The van der Waals surface area contributed by atoms with Crippen LogP contribution in [0.25, 0.3) is 33.1 Å². The minimum absolute atomic E-state index is 0.00435. The van der Waals surface area contributed by atoms with Crippen LogP contribution in [0.5, 0.6) is 6.01 Å². The molecule has 5 aliphatic heterocycles. The first kappa shape index (κ1) is 29.4. The van der Waals surface area contributed by atoms with Gasteiger partial charge in [0.05, 0.1) is 22.6 Å². The second kappa shape index (κ2) is 10.9. The minimum Gasteiger partial charge on any atom is -0.461 e. The topological polar surface area (TPSA) is 112 Å². The van der Waals surface area contributed by atoms with E-state index in [0.29, 0.717) is 77.2 Å². The fraction of sp³-hybridized carbons (Fsp3) is 0.545. The molecule has 1 saturated carbocycles. The summed E-state index contributed by atoms with van der Waals surface area (Å²) in [4.78, 5) is 31.3. The predicted octanol–water partition coefficient (Wildman–Crippen LogP) is 4.93. The van der Waals surface area contributed by atoms with Crippen molar-refractivity contribution in [2.45, 2.75) is 68.9 Å². The predicted molar refractivity (Wildman–Crippen MR) is 170 cm³/mol. The molecule has 10 rings (SSSR count). The quantitative estimate of drug-likeness (QED) is 0.317. The number of ether oxygens (including phenoxy) is 1. The largest absolute Gasteiger partial charge is 0.461 e. The van der Waals surface area contributed by atoms with Gasteiger partial charge in [0.2, 0.25) is 0 Å². The maximum atomic E-state index is 17.0. The molecule has 10 nitrogen and oxygen atoms in total. The number of hydrogen-bond donors (Lipinski definition) is 2. The Balaban J connectivity index is 1.21. The molecular weight excluding hydrogens is 633 g/mol. The molecule has 1 aliphatic carbocycles. The van der Waals surface area contributed by atoms with Crippen LogP contribution in [0.4, 0.5) is 19.0 Å². The van der Waals surface area contributed by atoms with Crippen LogP contribution in [-0.2, 0) is 11.2 Å². The molecule has 3 aromatic heterocycles. The zero-order valence-electron chi connectivity index (χ0n) is 25.6. The van der Waals surface area contributed by atoms with Gasteiger partial charge in [-0.05, 0) is 68.5 Å². The molecule has 6 aliphatic rings. The lowest BCUT2D eigenvalue weighted by atomic mass is 9.94. The van der Waals surface area contributed by atoms with Gasteiger partial charge in [-0.1, -0.05) is 11.6 Å². The van der Waals surface area contributed by atoms with Crippen LogP contribution in [0.2, 0.25) is 5.02 Å². The molecule has 1 aromatic carbocycles. The van der Waals surface area contributed by atoms with E-state index in [1.807, 2.05) is 4.90 Å². The number of rotatable bonds is 3. The number of alkyl halides is 2. The van der Waals surface area contributed by atoms with E-state index in [1.165, 1.54) is 0 Å². The van der Waals surface area contributed by atoms with Gasteiger partial charge < -0.3 is 15.0 Å². The Hall–Kier alpha value is -3.71. The van der Waals surface area contributed by atoms with Gasteiger partial charge in [-0.2, -0.15) is 15.1 Å². The summed E-state index contributed by atoms with van der Waals surface area (Å²) in [6.45, 7) is 2.40. The number of piperidine rings is 1. The second-order valence-corrected chi connectivity index (χ2v) is 14.4. The lowest BCUT2D eigenvalue weighted by Gasteiger charge is -2.35. The van der Waals surface area contributed by atoms with E-state index in [4.69, 9.17) is 21.3 Å². The zero-order chi connectivity index (χ0) is 32.0. The Morgan fingerprint density at radius 2 is 2.02 bits per heavy atom. The van der Waals surface area contributed by atoms with Crippen LogP contribution in [-0.4, -0.2) is 92.7 Å². The third kappa shape index (κ3) is 4.82. The molecular formula is C33H34ClF3N8O2. The van der Waals surface area contributed by atoms with E-state index >= 15 is 8.78 Å². The number of hydrogen-bond acceptors (Lipinski definition) is 8. The van der Waals surface area contributed by atoms with Crippen molar-refractivity contribution in [2.75, 3.05) is 37.7 Å². The third-order valence-corrected chi connectivity index (χ3v) is 11.4. The SMILES string of the molecule is O=C1N[C@H]2CN(C[C@H]3C[C@H]32)c2nc(OC[C@@]34CCCN3C[C@H](F)C4)nc3c(F)c(ncc23)-c2c(c(Cl)cc3[nH]ncc23)CCC[C@H]1F. The van der Waals surface area contributed by atoms with Gasteiger partial charge in [0.1, 0.15) is 29.8 Å². The van der Waals surface area contributed by atoms with Gasteiger partial charge in [-0.25, -0.2) is 13.2 Å². The number of carbonyl (C=O) groups is 1. The molecule has 3 saturated heterocycles. The van der Waals surface area contributed by atoms with E-state index in [-0.39, 0.29) is 48.1 Å². The van der Waals surface area contributed by atoms with Crippen molar-refractivity contribution in [2.24, 2.45) is 11.8 Å². The molecule has 8 heterocycles. The van der Waals surface area contributed by atoms with Crippen molar-refractivity contribution >= 4 is 45.1 Å². The summed E-state index contributed by atoms with van der Waals surface area (Å²) in [5.74, 6) is -0.312. The maximum Gasteiger partial charge on any atom is 0.319 e. The number of benzene rings is 1. The van der Waals surface area contributed by atoms with Crippen LogP contribution in [0, 0.1) is 17.7 Å². The highest BCUT2D eigenvalue weighted by molar-refractivity contribution is 6.33. The van der Waals surface area contributed by atoms with Crippen molar-refractivity contribution in [1.29, 1.82) is 0 Å². The first-order chi connectivity index (χ1) is 22.8. The number of fused-ring (bicyclic) bond motifs is 9. The van der Waals surface area contributed by atoms with Crippen LogP contribution >= 0.6 is 11.6 Å². The molecule has 6 bridgehead atoms. The van der Waals surface area contributed by atoms with Crippen LogP contribution in [0.15, 0.2) is 18.5 Å². The Labute approximate surface area is 273 Å². The first-order valence-corrected chi connectivity index (χ1v) is 16.9. The van der Waals surface area contributed by atoms with Gasteiger partial charge >= 0.3 is 6.01 Å². The van der Waals surface area contributed by atoms with Gasteiger partial charge in [0.25, 0.3) is 5.91 Å². The zero-order valence-corrected chi connectivity index (χ0v) is 26.4. The standard InChI is InChI=1S/C33H34ClF3N8O2/c34-22-8-24-20(11-39-43-24)26-18(22)3-1-4-23(36)31(46)40-25-14-44(12-16-7-19(16)25)30-21-10-38-29(26)27(37)28(21)41-32(42-30)47-15-33-5-2-6-45(33)13-17(35)9-33/h8,10-11,16-17,19,23,25H,1-7,9,12-15H2,(H,39,43)(H,40,46)/t16-,17-,19-,23-,25+,33+/m1/s1. The summed E-state index contributed by atoms with van der Waals surface area (Å²) in [5, 5.41) is 11.4. The number of anilines is 1. The summed E-state index contributed by atoms with van der Waals surface area (Å²) in [6, 6.07) is 1.42. The molecule has 4 fully saturated rings. The molecule has 14 heteroatoms. The van der Waals surface area contributed by atoms with Crippen molar-refractivity contribution in [3.63, 3.8) is 0 Å². The number of H-pyrrole nitrogens is 1. The highest BCUT2D eigenvalue weighted by atomic mass is 35.5. The van der Waals surface area contributed by atoms with Gasteiger partial charge in [-0.3, -0.25) is 19.8 Å². The monoisotopic (exact) mass is 666 g/mol. The molecule has 6 atom stereocenters. The molecule has 4 aromatic rings. The Bertz CT molecular complexity index is 1930. The van der Waals surface area contributed by atoms with E-state index in [9.17, 15) is 9.18 Å². The molecule has 0 radical (unpaired) electrons. The fourth-order valence-electron chi connectivity index (χ4n) is 8.66. The Morgan fingerprint density at radius 1 is 1.13 bits per heavy atom. The van der Waals surface area contributed by atoms with E-state index in [2.05, 4.69) is 30.4 Å². The van der Waals surface area contributed by atoms with Crippen molar-refractivity contribution in [1.82, 2.24) is 35.4 Å². The Morgan fingerprint density at radius 3 is 2.91 bits per heavy atom. The number of aromatic nitrogens is 5. The smallest absolute Gasteiger partial charge is 0.319 e. The molecule has 0 unspecified atom stereocenters. The normalized spacial score (nSPS) is 30.5. The summed E-state index contributed by atoms with van der Waals surface area (Å²) < 4.78 is 53.1. The summed E-state index contributed by atoms with van der Waals surface area (Å²) in [5.41, 5.74) is 1.26. The number of carbonyl (C=O) groups excluding carboxylic acids is 1. The number of nitrogens with one attached hydrogen (secondary N) is 2. The van der Waals surface area contributed by atoms with E-state index in [1.54, 1.807) is 18.5 Å². The van der Waals surface area contributed by atoms with E-state index in [0.717, 1.165) is 25.8 Å². The lowest BCUT2D eigenvalue weighted by molar-refractivity contribution is -0.127. The number of aromatic amines is 1. The number of pyridine rings is 1. The molecule has 246 valence electrons. The van der Waals surface area contributed by atoms with Crippen molar-refractivity contribution < 1.29 is 22.7 Å². The molecule has 47 heavy (non-hydrogen) atoms. The molecule has 0 spiro atoms. The average molecular weight is 667 g/mol. The third-order valence-electron chi connectivity index (χ3n) is 11.1. The maximum absolute atomic E-state index is 17.0. The van der Waals surface area contributed by atoms with E-state index < -0.39 is 29.6 Å². The van der Waals surface area contributed by atoms with Gasteiger partial charge in [0.15, 0.2) is 12.0 Å². The highest BCUT2D eigenvalue weighted by Gasteiger charge is 2.51. The first-order valence-electron chi connectivity index (χ1n) is 16.5. The number of nitrogens with zero attached hydrogens (tertiary/aromatic N) is 6. The molecule has 1 amide bonds. The average Bonchev–Trinajstić information content (AvgIpc) is 3.34. The molecule has 2 N–H and O–H groups in total. The summed E-state index contributed by atoms with van der Waals surface area (Å²) in [6.07, 6.45) is 4.20. The van der Waals surface area contributed by atoms with Crippen LogP contribution < -0.4 is 15.0 Å². The Kier molecular flexibility index (Phi) is 6.83.